The van der Waals surface area contributed by atoms with E-state index in [-0.39, 0.29) is 12.0 Å². The summed E-state index contributed by atoms with van der Waals surface area (Å²) in [5.74, 6) is -1.93. The average Bonchev–Trinajstić information content (AvgIpc) is 2.88. The van der Waals surface area contributed by atoms with Crippen LogP contribution in [0.4, 0.5) is 13.2 Å². The zero-order chi connectivity index (χ0) is 15.8. The maximum atomic E-state index is 13.9. The largest absolute Gasteiger partial charge is 0.444 e. The number of carbonyl (C=O) groups is 1. The Morgan fingerprint density at radius 3 is 2.05 bits per heavy atom. The third kappa shape index (κ3) is 2.17. The van der Waals surface area contributed by atoms with Gasteiger partial charge in [-0.25, -0.2) is 0 Å². The number of esters is 1. The summed E-state index contributed by atoms with van der Waals surface area (Å²) >= 11 is 0. The lowest BCUT2D eigenvalue weighted by Crippen LogP contribution is -2.46. The number of hydrogen-bond acceptors (Lipinski definition) is 2. The summed E-state index contributed by atoms with van der Waals surface area (Å²) in [4.78, 5) is 11.7. The van der Waals surface area contributed by atoms with Crippen LogP contribution in [-0.2, 0) is 15.1 Å². The molecule has 2 aromatic carbocycles. The van der Waals surface area contributed by atoms with Gasteiger partial charge in [-0.2, -0.15) is 13.2 Å². The third-order valence-electron chi connectivity index (χ3n) is 3.96. The number of benzene rings is 2. The van der Waals surface area contributed by atoms with Gasteiger partial charge in [0.25, 0.3) is 0 Å². The van der Waals surface area contributed by atoms with Gasteiger partial charge in [0.1, 0.15) is 0 Å². The molecule has 2 aromatic rings. The summed E-state index contributed by atoms with van der Waals surface area (Å²) in [6.45, 7) is 0. The molecule has 0 N–H and O–H groups in total. The molecule has 1 aliphatic rings. The predicted octanol–water partition coefficient (Wildman–Crippen LogP) is 4.17. The summed E-state index contributed by atoms with van der Waals surface area (Å²) in [6, 6.07) is 15.6. The maximum Gasteiger partial charge on any atom is 0.433 e. The second-order valence-electron chi connectivity index (χ2n) is 5.24. The van der Waals surface area contributed by atoms with E-state index in [2.05, 4.69) is 0 Å². The molecular weight excluding hydrogens is 293 g/mol. The van der Waals surface area contributed by atoms with Crippen molar-refractivity contribution >= 4 is 5.97 Å². The number of halogens is 3. The van der Waals surface area contributed by atoms with Gasteiger partial charge in [0, 0.05) is 11.5 Å². The van der Waals surface area contributed by atoms with Gasteiger partial charge < -0.3 is 4.74 Å². The van der Waals surface area contributed by atoms with Crippen molar-refractivity contribution in [2.24, 2.45) is 0 Å². The van der Waals surface area contributed by atoms with E-state index in [1.165, 1.54) is 24.3 Å². The fourth-order valence-corrected chi connectivity index (χ4v) is 3.01. The molecule has 114 valence electrons. The summed E-state index contributed by atoms with van der Waals surface area (Å²) < 4.78 is 46.7. The topological polar surface area (TPSA) is 26.3 Å². The van der Waals surface area contributed by atoms with Gasteiger partial charge >= 0.3 is 12.1 Å². The molecule has 0 amide bonds. The molecule has 22 heavy (non-hydrogen) atoms. The Hall–Kier alpha value is -2.30. The van der Waals surface area contributed by atoms with Crippen LogP contribution in [0.3, 0.4) is 0 Å². The van der Waals surface area contributed by atoms with Crippen molar-refractivity contribution in [2.75, 3.05) is 0 Å². The minimum absolute atomic E-state index is 0.0535. The molecule has 1 heterocycles. The zero-order valence-electron chi connectivity index (χ0n) is 11.5. The minimum atomic E-state index is -4.71. The van der Waals surface area contributed by atoms with E-state index >= 15 is 0 Å². The molecule has 1 aliphatic heterocycles. The van der Waals surface area contributed by atoms with Crippen LogP contribution >= 0.6 is 0 Å². The van der Waals surface area contributed by atoms with E-state index in [9.17, 15) is 18.0 Å². The van der Waals surface area contributed by atoms with Gasteiger partial charge in [-0.3, -0.25) is 4.79 Å². The molecule has 1 fully saturated rings. The van der Waals surface area contributed by atoms with E-state index in [1.807, 2.05) is 0 Å². The Kier molecular flexibility index (Phi) is 3.43. The molecule has 0 bridgehead atoms. The summed E-state index contributed by atoms with van der Waals surface area (Å²) in [6.07, 6.45) is -5.00. The molecule has 0 aliphatic carbocycles. The van der Waals surface area contributed by atoms with Gasteiger partial charge in [0.2, 0.25) is 5.60 Å². The molecule has 0 radical (unpaired) electrons. The molecule has 5 heteroatoms. The van der Waals surface area contributed by atoms with Crippen LogP contribution in [0.2, 0.25) is 0 Å². The van der Waals surface area contributed by atoms with Gasteiger partial charge in [-0.1, -0.05) is 60.7 Å². The predicted molar refractivity (Wildman–Crippen MR) is 74.1 cm³/mol. The van der Waals surface area contributed by atoms with Crippen molar-refractivity contribution < 1.29 is 22.7 Å². The van der Waals surface area contributed by atoms with E-state index in [1.54, 1.807) is 36.4 Å². The zero-order valence-corrected chi connectivity index (χ0v) is 11.5. The lowest BCUT2D eigenvalue weighted by Gasteiger charge is -2.35. The van der Waals surface area contributed by atoms with Crippen molar-refractivity contribution in [3.63, 3.8) is 0 Å². The number of rotatable bonds is 2. The third-order valence-corrected chi connectivity index (χ3v) is 3.96. The highest BCUT2D eigenvalue weighted by Crippen LogP contribution is 2.56. The molecule has 0 unspecified atom stereocenters. The molecule has 1 saturated heterocycles. The Labute approximate surface area is 125 Å². The van der Waals surface area contributed by atoms with Crippen molar-refractivity contribution in [3.05, 3.63) is 71.8 Å². The minimum Gasteiger partial charge on any atom is -0.444 e. The first-order chi connectivity index (χ1) is 10.4. The Balaban J connectivity index is 2.21. The van der Waals surface area contributed by atoms with Crippen LogP contribution in [0.25, 0.3) is 0 Å². The highest BCUT2D eigenvalue weighted by atomic mass is 19.4. The van der Waals surface area contributed by atoms with Crippen LogP contribution < -0.4 is 0 Å². The number of cyclic esters (lactones) is 1. The van der Waals surface area contributed by atoms with E-state index in [0.717, 1.165) is 0 Å². The Morgan fingerprint density at radius 2 is 1.50 bits per heavy atom. The van der Waals surface area contributed by atoms with Crippen LogP contribution in [0, 0.1) is 0 Å². The SMILES string of the molecule is O=C1C[C@@H](c2ccccc2)[C@@](c2ccccc2)(C(F)(F)F)O1. The Bertz CT molecular complexity index is 667. The monoisotopic (exact) mass is 306 g/mol. The normalized spacial score (nSPS) is 25.0. The summed E-state index contributed by atoms with van der Waals surface area (Å²) in [7, 11) is 0. The average molecular weight is 306 g/mol. The molecule has 3 rings (SSSR count). The van der Waals surface area contributed by atoms with E-state index in [4.69, 9.17) is 4.74 Å². The highest BCUT2D eigenvalue weighted by Gasteiger charge is 2.67. The lowest BCUT2D eigenvalue weighted by molar-refractivity contribution is -0.269. The lowest BCUT2D eigenvalue weighted by atomic mass is 9.77. The highest BCUT2D eigenvalue weighted by molar-refractivity contribution is 5.75. The number of ether oxygens (including phenoxy) is 1. The molecule has 0 spiro atoms. The second-order valence-corrected chi connectivity index (χ2v) is 5.24. The van der Waals surface area contributed by atoms with Gasteiger partial charge in [-0.05, 0) is 5.56 Å². The van der Waals surface area contributed by atoms with E-state index < -0.39 is 23.7 Å². The first kappa shape index (κ1) is 14.6. The molecule has 0 saturated carbocycles. The molecular formula is C17H13F3O2. The van der Waals surface area contributed by atoms with Crippen LogP contribution in [0.15, 0.2) is 60.7 Å². The molecule has 0 aromatic heterocycles. The second kappa shape index (κ2) is 5.16. The van der Waals surface area contributed by atoms with Crippen LogP contribution in [0.1, 0.15) is 23.5 Å². The first-order valence-corrected chi connectivity index (χ1v) is 6.84. The van der Waals surface area contributed by atoms with E-state index in [0.29, 0.717) is 5.56 Å². The summed E-state index contributed by atoms with van der Waals surface area (Å²) in [5.41, 5.74) is -2.25. The van der Waals surface area contributed by atoms with Gasteiger partial charge in [0.05, 0.1) is 6.42 Å². The number of alkyl halides is 3. The number of hydrogen-bond donors (Lipinski definition) is 0. The maximum absolute atomic E-state index is 13.9. The fraction of sp³-hybridized carbons (Fsp3) is 0.235. The smallest absolute Gasteiger partial charge is 0.433 e. The molecule has 2 atom stereocenters. The van der Waals surface area contributed by atoms with Gasteiger partial charge in [-0.15, -0.1) is 0 Å². The molecule has 2 nitrogen and oxygen atoms in total. The van der Waals surface area contributed by atoms with Gasteiger partial charge in [0.15, 0.2) is 0 Å². The summed E-state index contributed by atoms with van der Waals surface area (Å²) in [5, 5.41) is 0. The fourth-order valence-electron chi connectivity index (χ4n) is 3.01. The van der Waals surface area contributed by atoms with Crippen molar-refractivity contribution in [1.29, 1.82) is 0 Å². The van der Waals surface area contributed by atoms with Crippen molar-refractivity contribution in [3.8, 4) is 0 Å². The Morgan fingerprint density at radius 1 is 0.955 bits per heavy atom. The van der Waals surface area contributed by atoms with Crippen LogP contribution in [0.5, 0.6) is 0 Å². The van der Waals surface area contributed by atoms with Crippen molar-refractivity contribution in [1.82, 2.24) is 0 Å². The quantitative estimate of drug-likeness (QED) is 0.778. The first-order valence-electron chi connectivity index (χ1n) is 6.84. The van der Waals surface area contributed by atoms with Crippen molar-refractivity contribution in [2.45, 2.75) is 24.1 Å². The van der Waals surface area contributed by atoms with Crippen LogP contribution in [-0.4, -0.2) is 12.1 Å². The standard InChI is InChI=1S/C17H13F3O2/c18-17(19,20)16(13-9-5-2-6-10-13)14(11-15(21)22-16)12-7-3-1-4-8-12/h1-10,14H,11H2/t14-,16-/m0/s1. The number of carbonyl (C=O) groups excluding carboxylic acids is 1.